The number of carbonyl (C=O) groups is 1. The standard InChI is InChI=1S/C15H20ClNOS/c16-12-7-9-14(10-8-12)19-11-15(18)17-13-5-3-1-2-4-6-13/h7-10,13H,1-6,11H2,(H,17,18). The van der Waals surface area contributed by atoms with E-state index in [9.17, 15) is 4.79 Å². The second-order valence-electron chi connectivity index (χ2n) is 5.00. The minimum atomic E-state index is 0.145. The van der Waals surface area contributed by atoms with Gasteiger partial charge >= 0.3 is 0 Å². The van der Waals surface area contributed by atoms with Crippen LogP contribution >= 0.6 is 23.4 Å². The Kier molecular flexibility index (Phi) is 6.05. The predicted molar refractivity (Wildman–Crippen MR) is 81.8 cm³/mol. The average Bonchev–Trinajstić information content (AvgIpc) is 2.67. The number of nitrogens with one attached hydrogen (secondary N) is 1. The Morgan fingerprint density at radius 3 is 2.42 bits per heavy atom. The van der Waals surface area contributed by atoms with Crippen molar-refractivity contribution in [3.63, 3.8) is 0 Å². The Bertz CT molecular complexity index is 399. The number of halogens is 1. The smallest absolute Gasteiger partial charge is 0.230 e. The molecule has 1 aliphatic carbocycles. The number of carbonyl (C=O) groups excluding carboxylic acids is 1. The molecule has 0 heterocycles. The van der Waals surface area contributed by atoms with Crippen LogP contribution in [-0.2, 0) is 4.79 Å². The van der Waals surface area contributed by atoms with E-state index in [2.05, 4.69) is 5.32 Å². The second kappa shape index (κ2) is 7.81. The van der Waals surface area contributed by atoms with Gasteiger partial charge in [-0.15, -0.1) is 11.8 Å². The number of benzene rings is 1. The zero-order valence-electron chi connectivity index (χ0n) is 11.0. The van der Waals surface area contributed by atoms with Crippen molar-refractivity contribution in [2.45, 2.75) is 49.5 Å². The molecule has 0 saturated heterocycles. The van der Waals surface area contributed by atoms with Crippen molar-refractivity contribution < 1.29 is 4.79 Å². The molecule has 0 spiro atoms. The molecule has 1 saturated carbocycles. The third kappa shape index (κ3) is 5.45. The van der Waals surface area contributed by atoms with Gasteiger partial charge in [0.15, 0.2) is 0 Å². The molecule has 0 atom stereocenters. The van der Waals surface area contributed by atoms with Gasteiger partial charge in [-0.25, -0.2) is 0 Å². The number of rotatable bonds is 4. The minimum absolute atomic E-state index is 0.145. The number of thioether (sulfide) groups is 1. The summed E-state index contributed by atoms with van der Waals surface area (Å²) in [6.45, 7) is 0. The van der Waals surface area contributed by atoms with Gasteiger partial charge in [-0.05, 0) is 37.1 Å². The van der Waals surface area contributed by atoms with Crippen LogP contribution in [0.4, 0.5) is 0 Å². The number of hydrogen-bond acceptors (Lipinski definition) is 2. The molecule has 1 amide bonds. The highest BCUT2D eigenvalue weighted by Crippen LogP contribution is 2.21. The summed E-state index contributed by atoms with van der Waals surface area (Å²) in [5.41, 5.74) is 0. The Labute approximate surface area is 124 Å². The van der Waals surface area contributed by atoms with Crippen LogP contribution in [0, 0.1) is 0 Å². The van der Waals surface area contributed by atoms with Crippen LogP contribution in [0.25, 0.3) is 0 Å². The maximum absolute atomic E-state index is 11.9. The normalized spacial score (nSPS) is 16.9. The zero-order valence-corrected chi connectivity index (χ0v) is 12.6. The Balaban J connectivity index is 1.73. The molecule has 0 aromatic heterocycles. The van der Waals surface area contributed by atoms with Gasteiger partial charge in [0.25, 0.3) is 0 Å². The first-order valence-corrected chi connectivity index (χ1v) is 8.28. The first kappa shape index (κ1) is 14.7. The molecule has 104 valence electrons. The van der Waals surface area contributed by atoms with Gasteiger partial charge in [-0.1, -0.05) is 37.3 Å². The lowest BCUT2D eigenvalue weighted by atomic mass is 10.1. The molecule has 0 unspecified atom stereocenters. The van der Waals surface area contributed by atoms with Crippen LogP contribution in [0.1, 0.15) is 38.5 Å². The van der Waals surface area contributed by atoms with Gasteiger partial charge in [0.05, 0.1) is 5.75 Å². The number of amides is 1. The predicted octanol–water partition coefficient (Wildman–Crippen LogP) is 4.27. The van der Waals surface area contributed by atoms with E-state index in [1.165, 1.54) is 25.7 Å². The summed E-state index contributed by atoms with van der Waals surface area (Å²) < 4.78 is 0. The molecule has 0 radical (unpaired) electrons. The molecule has 0 aliphatic heterocycles. The maximum Gasteiger partial charge on any atom is 0.230 e. The van der Waals surface area contributed by atoms with E-state index in [0.717, 1.165) is 22.8 Å². The molecule has 1 aliphatic rings. The van der Waals surface area contributed by atoms with Crippen LogP contribution < -0.4 is 5.32 Å². The summed E-state index contributed by atoms with van der Waals surface area (Å²) in [5, 5.41) is 3.88. The lowest BCUT2D eigenvalue weighted by molar-refractivity contribution is -0.119. The summed E-state index contributed by atoms with van der Waals surface area (Å²) in [5.74, 6) is 0.629. The first-order valence-electron chi connectivity index (χ1n) is 6.92. The van der Waals surface area contributed by atoms with Crippen LogP contribution in [0.2, 0.25) is 5.02 Å². The van der Waals surface area contributed by atoms with Crippen molar-refractivity contribution in [2.75, 3.05) is 5.75 Å². The maximum atomic E-state index is 11.9. The van der Waals surface area contributed by atoms with E-state index in [-0.39, 0.29) is 5.91 Å². The van der Waals surface area contributed by atoms with E-state index >= 15 is 0 Å². The van der Waals surface area contributed by atoms with E-state index < -0.39 is 0 Å². The third-order valence-corrected chi connectivity index (χ3v) is 4.67. The first-order chi connectivity index (χ1) is 9.24. The molecule has 1 N–H and O–H groups in total. The van der Waals surface area contributed by atoms with Crippen LogP contribution in [0.5, 0.6) is 0 Å². The van der Waals surface area contributed by atoms with Gasteiger partial charge in [0.2, 0.25) is 5.91 Å². The monoisotopic (exact) mass is 297 g/mol. The van der Waals surface area contributed by atoms with Crippen LogP contribution in [0.15, 0.2) is 29.2 Å². The molecule has 4 heteroatoms. The summed E-state index contributed by atoms with van der Waals surface area (Å²) in [6.07, 6.45) is 7.39. The lowest BCUT2D eigenvalue weighted by Gasteiger charge is -2.15. The molecule has 2 rings (SSSR count). The van der Waals surface area contributed by atoms with Crippen molar-refractivity contribution in [2.24, 2.45) is 0 Å². The highest BCUT2D eigenvalue weighted by Gasteiger charge is 2.14. The largest absolute Gasteiger partial charge is 0.353 e. The van der Waals surface area contributed by atoms with Crippen LogP contribution in [-0.4, -0.2) is 17.7 Å². The van der Waals surface area contributed by atoms with Crippen molar-refractivity contribution in [1.29, 1.82) is 0 Å². The quantitative estimate of drug-likeness (QED) is 0.664. The molecule has 1 aromatic carbocycles. The average molecular weight is 298 g/mol. The molecular formula is C15H20ClNOS. The Morgan fingerprint density at radius 2 is 1.79 bits per heavy atom. The third-order valence-electron chi connectivity index (χ3n) is 3.40. The van der Waals surface area contributed by atoms with Gasteiger partial charge in [0.1, 0.15) is 0 Å². The summed E-state index contributed by atoms with van der Waals surface area (Å²) in [4.78, 5) is 13.0. The van der Waals surface area contributed by atoms with E-state index in [1.807, 2.05) is 24.3 Å². The fourth-order valence-electron chi connectivity index (χ4n) is 2.37. The fraction of sp³-hybridized carbons (Fsp3) is 0.533. The van der Waals surface area contributed by atoms with Gasteiger partial charge < -0.3 is 5.32 Å². The second-order valence-corrected chi connectivity index (χ2v) is 6.48. The van der Waals surface area contributed by atoms with Crippen molar-refractivity contribution in [3.05, 3.63) is 29.3 Å². The van der Waals surface area contributed by atoms with Crippen molar-refractivity contribution in [3.8, 4) is 0 Å². The Morgan fingerprint density at radius 1 is 1.16 bits per heavy atom. The summed E-state index contributed by atoms with van der Waals surface area (Å²) in [7, 11) is 0. The minimum Gasteiger partial charge on any atom is -0.353 e. The summed E-state index contributed by atoms with van der Waals surface area (Å²) >= 11 is 7.39. The Hall–Kier alpha value is -0.670. The van der Waals surface area contributed by atoms with Gasteiger partial charge in [-0.2, -0.15) is 0 Å². The van der Waals surface area contributed by atoms with Gasteiger partial charge in [0, 0.05) is 16.0 Å². The SMILES string of the molecule is O=C(CSc1ccc(Cl)cc1)NC1CCCCCC1. The van der Waals surface area contributed by atoms with Crippen LogP contribution in [0.3, 0.4) is 0 Å². The topological polar surface area (TPSA) is 29.1 Å². The van der Waals surface area contributed by atoms with E-state index in [4.69, 9.17) is 11.6 Å². The summed E-state index contributed by atoms with van der Waals surface area (Å²) in [6, 6.07) is 8.00. The van der Waals surface area contributed by atoms with Crippen molar-refractivity contribution >= 4 is 29.3 Å². The molecule has 1 aromatic rings. The van der Waals surface area contributed by atoms with E-state index in [1.54, 1.807) is 11.8 Å². The highest BCUT2D eigenvalue weighted by atomic mass is 35.5. The molecule has 0 bridgehead atoms. The highest BCUT2D eigenvalue weighted by molar-refractivity contribution is 8.00. The van der Waals surface area contributed by atoms with Crippen molar-refractivity contribution in [1.82, 2.24) is 5.32 Å². The molecule has 1 fully saturated rings. The fourth-order valence-corrected chi connectivity index (χ4v) is 3.21. The molecule has 2 nitrogen and oxygen atoms in total. The van der Waals surface area contributed by atoms with Gasteiger partial charge in [-0.3, -0.25) is 4.79 Å². The lowest BCUT2D eigenvalue weighted by Crippen LogP contribution is -2.35. The van der Waals surface area contributed by atoms with E-state index in [0.29, 0.717) is 11.8 Å². The number of hydrogen-bond donors (Lipinski definition) is 1. The molecular weight excluding hydrogens is 278 g/mol. The molecule has 19 heavy (non-hydrogen) atoms. The zero-order chi connectivity index (χ0) is 13.5.